The van der Waals surface area contributed by atoms with Crippen LogP contribution in [-0.4, -0.2) is 20.4 Å². The molecule has 0 bridgehead atoms. The first-order valence-corrected chi connectivity index (χ1v) is 4.73. The van der Waals surface area contributed by atoms with Gasteiger partial charge in [-0.05, 0) is 23.8 Å². The smallest absolute Gasteiger partial charge is 0.210 e. The lowest BCUT2D eigenvalue weighted by Gasteiger charge is -2.09. The van der Waals surface area contributed by atoms with Crippen molar-refractivity contribution in [2.24, 2.45) is 0 Å². The summed E-state index contributed by atoms with van der Waals surface area (Å²) in [6, 6.07) is 6.75. The molecule has 0 unspecified atom stereocenters. The second kappa shape index (κ2) is 3.86. The number of hydrogen-bond donors (Lipinski definition) is 4. The molecule has 2 aromatic carbocycles. The summed E-state index contributed by atoms with van der Waals surface area (Å²) >= 11 is 0. The molecule has 4 N–H and O–H groups in total. The highest BCUT2D eigenvalue weighted by atomic mass is 19.1. The summed E-state index contributed by atoms with van der Waals surface area (Å²) in [6.45, 7) is 0. The predicted octanol–water partition coefficient (Wildman–Crippen LogP) is 2.32. The van der Waals surface area contributed by atoms with Gasteiger partial charge in [-0.3, -0.25) is 0 Å². The highest BCUT2D eigenvalue weighted by Gasteiger charge is 2.17. The van der Waals surface area contributed by atoms with Crippen LogP contribution in [-0.2, 0) is 0 Å². The largest absolute Gasteiger partial charge is 0.508 e. The standard InChI is InChI=1S/C12H9FO4/c13-10-9(15)5-8(11(16)12(10)17)6-2-1-3-7(14)4-6/h1-5,14-17H. The van der Waals surface area contributed by atoms with Crippen LogP contribution in [0.15, 0.2) is 30.3 Å². The lowest BCUT2D eigenvalue weighted by atomic mass is 10.0. The normalized spacial score (nSPS) is 10.4. The Bertz CT molecular complexity index is 581. The van der Waals surface area contributed by atoms with E-state index in [-0.39, 0.29) is 11.3 Å². The minimum absolute atomic E-state index is 0.0253. The molecule has 0 radical (unpaired) electrons. The maximum atomic E-state index is 13.1. The zero-order valence-corrected chi connectivity index (χ0v) is 8.55. The Hall–Kier alpha value is -2.43. The minimum Gasteiger partial charge on any atom is -0.508 e. The Morgan fingerprint density at radius 2 is 1.59 bits per heavy atom. The number of phenols is 4. The summed E-state index contributed by atoms with van der Waals surface area (Å²) in [5, 5.41) is 37.3. The van der Waals surface area contributed by atoms with Gasteiger partial charge in [0.1, 0.15) is 5.75 Å². The topological polar surface area (TPSA) is 80.9 Å². The van der Waals surface area contributed by atoms with E-state index in [4.69, 9.17) is 0 Å². The third kappa shape index (κ3) is 1.82. The fourth-order valence-electron chi connectivity index (χ4n) is 1.51. The molecule has 0 aromatic heterocycles. The van der Waals surface area contributed by atoms with Gasteiger partial charge in [0, 0.05) is 5.56 Å². The Morgan fingerprint density at radius 3 is 2.24 bits per heavy atom. The molecular weight excluding hydrogens is 227 g/mol. The highest BCUT2D eigenvalue weighted by Crippen LogP contribution is 2.42. The van der Waals surface area contributed by atoms with Crippen molar-refractivity contribution < 1.29 is 24.8 Å². The third-order valence-corrected chi connectivity index (χ3v) is 2.35. The number of aromatic hydroxyl groups is 4. The van der Waals surface area contributed by atoms with E-state index in [0.717, 1.165) is 6.07 Å². The van der Waals surface area contributed by atoms with Crippen LogP contribution in [0, 0.1) is 5.82 Å². The van der Waals surface area contributed by atoms with Crippen molar-refractivity contribution in [1.29, 1.82) is 0 Å². The average Bonchev–Trinajstić information content (AvgIpc) is 2.31. The Balaban J connectivity index is 2.68. The summed E-state index contributed by atoms with van der Waals surface area (Å²) in [4.78, 5) is 0. The number of phenolic OH excluding ortho intramolecular Hbond substituents is 4. The van der Waals surface area contributed by atoms with E-state index in [1.165, 1.54) is 24.3 Å². The number of benzene rings is 2. The zero-order valence-electron chi connectivity index (χ0n) is 8.55. The van der Waals surface area contributed by atoms with E-state index in [0.29, 0.717) is 5.56 Å². The van der Waals surface area contributed by atoms with Crippen LogP contribution < -0.4 is 0 Å². The summed E-state index contributed by atoms with van der Waals surface area (Å²) in [6.07, 6.45) is 0. The number of hydrogen-bond acceptors (Lipinski definition) is 4. The van der Waals surface area contributed by atoms with Gasteiger partial charge in [-0.25, -0.2) is 0 Å². The van der Waals surface area contributed by atoms with Gasteiger partial charge in [0.25, 0.3) is 0 Å². The third-order valence-electron chi connectivity index (χ3n) is 2.35. The quantitative estimate of drug-likeness (QED) is 0.452. The monoisotopic (exact) mass is 236 g/mol. The van der Waals surface area contributed by atoms with Gasteiger partial charge < -0.3 is 20.4 Å². The molecule has 0 fully saturated rings. The van der Waals surface area contributed by atoms with E-state index in [1.807, 2.05) is 0 Å². The molecule has 0 aliphatic heterocycles. The van der Waals surface area contributed by atoms with Gasteiger partial charge in [-0.15, -0.1) is 0 Å². The van der Waals surface area contributed by atoms with E-state index in [9.17, 15) is 24.8 Å². The van der Waals surface area contributed by atoms with Crippen LogP contribution >= 0.6 is 0 Å². The van der Waals surface area contributed by atoms with Gasteiger partial charge in [0.05, 0.1) is 0 Å². The Labute approximate surface area is 95.8 Å². The first-order valence-electron chi connectivity index (χ1n) is 4.73. The predicted molar refractivity (Wildman–Crippen MR) is 58.5 cm³/mol. The maximum absolute atomic E-state index is 13.1. The fraction of sp³-hybridized carbons (Fsp3) is 0. The lowest BCUT2D eigenvalue weighted by Crippen LogP contribution is -1.85. The Kier molecular flexibility index (Phi) is 2.51. The molecule has 0 aliphatic rings. The molecule has 4 nitrogen and oxygen atoms in total. The van der Waals surface area contributed by atoms with E-state index in [1.54, 1.807) is 0 Å². The van der Waals surface area contributed by atoms with E-state index >= 15 is 0 Å². The first kappa shape index (κ1) is 11.1. The van der Waals surface area contributed by atoms with Gasteiger partial charge >= 0.3 is 0 Å². The second-order valence-electron chi connectivity index (χ2n) is 3.50. The van der Waals surface area contributed by atoms with Crippen LogP contribution in [0.2, 0.25) is 0 Å². The molecule has 88 valence electrons. The highest BCUT2D eigenvalue weighted by molar-refractivity contribution is 5.76. The zero-order chi connectivity index (χ0) is 12.6. The fourth-order valence-corrected chi connectivity index (χ4v) is 1.51. The minimum atomic E-state index is -1.29. The molecule has 0 atom stereocenters. The molecular formula is C12H9FO4. The molecule has 0 saturated heterocycles. The van der Waals surface area contributed by atoms with Crippen molar-refractivity contribution in [2.75, 3.05) is 0 Å². The van der Waals surface area contributed by atoms with Crippen molar-refractivity contribution >= 4 is 0 Å². The first-order chi connectivity index (χ1) is 8.00. The van der Waals surface area contributed by atoms with Crippen molar-refractivity contribution in [3.05, 3.63) is 36.1 Å². The molecule has 0 heterocycles. The van der Waals surface area contributed by atoms with Gasteiger partial charge in [0.2, 0.25) is 5.82 Å². The van der Waals surface area contributed by atoms with Crippen molar-refractivity contribution in [3.63, 3.8) is 0 Å². The van der Waals surface area contributed by atoms with Gasteiger partial charge in [0.15, 0.2) is 17.2 Å². The summed E-state index contributed by atoms with van der Waals surface area (Å²) in [7, 11) is 0. The molecule has 5 heteroatoms. The molecule has 0 amide bonds. The SMILES string of the molecule is Oc1cccc(-c2cc(O)c(F)c(O)c2O)c1. The van der Waals surface area contributed by atoms with Gasteiger partial charge in [-0.1, -0.05) is 12.1 Å². The van der Waals surface area contributed by atoms with Crippen LogP contribution in [0.25, 0.3) is 11.1 Å². The summed E-state index contributed by atoms with van der Waals surface area (Å²) < 4.78 is 13.1. The summed E-state index contributed by atoms with van der Waals surface area (Å²) in [5.41, 5.74) is 0.366. The van der Waals surface area contributed by atoms with Crippen LogP contribution in [0.1, 0.15) is 0 Å². The lowest BCUT2D eigenvalue weighted by molar-refractivity contribution is 0.359. The molecule has 17 heavy (non-hydrogen) atoms. The molecule has 0 spiro atoms. The van der Waals surface area contributed by atoms with Crippen LogP contribution in [0.5, 0.6) is 23.0 Å². The van der Waals surface area contributed by atoms with E-state index in [2.05, 4.69) is 0 Å². The van der Waals surface area contributed by atoms with Crippen molar-refractivity contribution in [3.8, 4) is 34.1 Å². The van der Waals surface area contributed by atoms with Gasteiger partial charge in [-0.2, -0.15) is 4.39 Å². The molecule has 2 aromatic rings. The Morgan fingerprint density at radius 1 is 0.882 bits per heavy atom. The number of rotatable bonds is 1. The molecule has 0 saturated carbocycles. The van der Waals surface area contributed by atoms with Crippen molar-refractivity contribution in [1.82, 2.24) is 0 Å². The van der Waals surface area contributed by atoms with Crippen LogP contribution in [0.4, 0.5) is 4.39 Å². The molecule has 0 aliphatic carbocycles. The van der Waals surface area contributed by atoms with Crippen molar-refractivity contribution in [2.45, 2.75) is 0 Å². The second-order valence-corrected chi connectivity index (χ2v) is 3.50. The average molecular weight is 236 g/mol. The summed E-state index contributed by atoms with van der Waals surface area (Å²) in [5.74, 6) is -3.83. The van der Waals surface area contributed by atoms with E-state index < -0.39 is 23.1 Å². The molecule has 2 rings (SSSR count). The maximum Gasteiger partial charge on any atom is 0.210 e. The number of halogens is 1. The van der Waals surface area contributed by atoms with Crippen LogP contribution in [0.3, 0.4) is 0 Å².